The van der Waals surface area contributed by atoms with E-state index in [-0.39, 0.29) is 0 Å². The third-order valence-electron chi connectivity index (χ3n) is 2.92. The van der Waals surface area contributed by atoms with E-state index in [1.165, 1.54) is 19.4 Å². The number of nitrogens with zero attached hydrogens (tertiary/aromatic N) is 2. The van der Waals surface area contributed by atoms with Gasteiger partial charge in [-0.3, -0.25) is 0 Å². The molecule has 1 unspecified atom stereocenters. The van der Waals surface area contributed by atoms with Crippen LogP contribution in [0.15, 0.2) is 0 Å². The van der Waals surface area contributed by atoms with Crippen LogP contribution in [0.25, 0.3) is 0 Å². The maximum Gasteiger partial charge on any atom is 0.00643 e. The van der Waals surface area contributed by atoms with E-state index in [1.54, 1.807) is 0 Å². The molecule has 1 heterocycles. The normalized spacial score (nSPS) is 23.5. The first-order chi connectivity index (χ1) is 5.95. The zero-order valence-electron chi connectivity index (χ0n) is 10.2. The van der Waals surface area contributed by atoms with Gasteiger partial charge in [-0.15, -0.1) is 0 Å². The van der Waals surface area contributed by atoms with Crippen molar-refractivity contribution in [2.45, 2.75) is 45.7 Å². The quantitative estimate of drug-likeness (QED) is 0.618. The Balaban J connectivity index is 0.000000226. The van der Waals surface area contributed by atoms with Crippen molar-refractivity contribution < 1.29 is 0 Å². The molecule has 0 aromatic heterocycles. The summed E-state index contributed by atoms with van der Waals surface area (Å²) in [5, 5.41) is 0. The third-order valence-corrected chi connectivity index (χ3v) is 2.92. The predicted octanol–water partition coefficient (Wildman–Crippen LogP) is 2.06. The summed E-state index contributed by atoms with van der Waals surface area (Å²) in [5.41, 5.74) is 0. The summed E-state index contributed by atoms with van der Waals surface area (Å²) in [6.07, 6.45) is 2.80. The molecular weight excluding hydrogens is 160 g/mol. The highest BCUT2D eigenvalue weighted by atomic mass is 15.1. The van der Waals surface area contributed by atoms with Gasteiger partial charge in [0, 0.05) is 12.1 Å². The molecule has 1 aliphatic heterocycles. The van der Waals surface area contributed by atoms with Gasteiger partial charge in [-0.1, -0.05) is 0 Å². The van der Waals surface area contributed by atoms with Crippen molar-refractivity contribution in [2.24, 2.45) is 0 Å². The van der Waals surface area contributed by atoms with Crippen molar-refractivity contribution in [1.29, 1.82) is 0 Å². The molecule has 0 N–H and O–H groups in total. The van der Waals surface area contributed by atoms with E-state index < -0.39 is 0 Å². The van der Waals surface area contributed by atoms with Crippen LogP contribution in [-0.4, -0.2) is 49.6 Å². The molecule has 0 aromatic carbocycles. The van der Waals surface area contributed by atoms with Crippen LogP contribution in [0.1, 0.15) is 33.6 Å². The van der Waals surface area contributed by atoms with E-state index in [0.717, 1.165) is 6.04 Å². The van der Waals surface area contributed by atoms with Crippen LogP contribution in [0.2, 0.25) is 0 Å². The lowest BCUT2D eigenvalue weighted by Crippen LogP contribution is -2.20. The second kappa shape index (κ2) is 6.39. The van der Waals surface area contributed by atoms with Crippen molar-refractivity contribution in [3.05, 3.63) is 0 Å². The van der Waals surface area contributed by atoms with Gasteiger partial charge in [-0.2, -0.15) is 0 Å². The lowest BCUT2D eigenvalue weighted by Gasteiger charge is -2.12. The van der Waals surface area contributed by atoms with Gasteiger partial charge < -0.3 is 9.80 Å². The molecule has 1 aliphatic rings. The molecule has 1 saturated heterocycles. The molecule has 1 rings (SSSR count). The van der Waals surface area contributed by atoms with Crippen LogP contribution >= 0.6 is 0 Å². The van der Waals surface area contributed by atoms with Crippen LogP contribution in [0, 0.1) is 0 Å². The molecule has 13 heavy (non-hydrogen) atoms. The van der Waals surface area contributed by atoms with Crippen LogP contribution in [0.4, 0.5) is 0 Å². The highest BCUT2D eigenvalue weighted by molar-refractivity contribution is 4.70. The first kappa shape index (κ1) is 12.9. The maximum atomic E-state index is 2.40. The van der Waals surface area contributed by atoms with Gasteiger partial charge in [-0.05, 0) is 61.3 Å². The Labute approximate surface area is 83.9 Å². The fraction of sp³-hybridized carbons (Fsp3) is 1.00. The Morgan fingerprint density at radius 3 is 1.85 bits per heavy atom. The number of likely N-dealkylation sites (tertiary alicyclic amines) is 1. The second-order valence-corrected chi connectivity index (χ2v) is 4.53. The van der Waals surface area contributed by atoms with Crippen molar-refractivity contribution >= 4 is 0 Å². The van der Waals surface area contributed by atoms with Gasteiger partial charge in [0.05, 0.1) is 0 Å². The fourth-order valence-electron chi connectivity index (χ4n) is 1.08. The lowest BCUT2D eigenvalue weighted by atomic mass is 10.3. The lowest BCUT2D eigenvalue weighted by molar-refractivity contribution is 0.331. The summed E-state index contributed by atoms with van der Waals surface area (Å²) >= 11 is 0. The smallest absolute Gasteiger partial charge is 0.00643 e. The Morgan fingerprint density at radius 1 is 1.31 bits per heavy atom. The van der Waals surface area contributed by atoms with Crippen LogP contribution < -0.4 is 0 Å². The summed E-state index contributed by atoms with van der Waals surface area (Å²) in [6, 6.07) is 1.53. The molecule has 2 heteroatoms. The molecule has 0 amide bonds. The van der Waals surface area contributed by atoms with Crippen molar-refractivity contribution in [3.8, 4) is 0 Å². The topological polar surface area (TPSA) is 6.48 Å². The molecule has 0 aliphatic carbocycles. The van der Waals surface area contributed by atoms with E-state index in [1.807, 2.05) is 0 Å². The van der Waals surface area contributed by atoms with Gasteiger partial charge in [-0.25, -0.2) is 0 Å². The zero-order chi connectivity index (χ0) is 10.4. The number of hydrogen-bond acceptors (Lipinski definition) is 2. The molecular formula is C11H26N2. The van der Waals surface area contributed by atoms with Gasteiger partial charge in [0.15, 0.2) is 0 Å². The molecule has 1 atom stereocenters. The predicted molar refractivity (Wildman–Crippen MR) is 60.1 cm³/mol. The Bertz CT molecular complexity index is 107. The molecule has 0 bridgehead atoms. The van der Waals surface area contributed by atoms with Crippen LogP contribution in [-0.2, 0) is 0 Å². The minimum absolute atomic E-state index is 0.685. The first-order valence-electron chi connectivity index (χ1n) is 5.31. The van der Waals surface area contributed by atoms with E-state index in [9.17, 15) is 0 Å². The number of rotatable bonds is 1. The highest BCUT2D eigenvalue weighted by Gasteiger charge is 2.14. The van der Waals surface area contributed by atoms with Crippen LogP contribution in [0.5, 0.6) is 0 Å². The fourth-order valence-corrected chi connectivity index (χ4v) is 1.08. The maximum absolute atomic E-state index is 2.40. The third kappa shape index (κ3) is 6.05. The van der Waals surface area contributed by atoms with Crippen molar-refractivity contribution in [1.82, 2.24) is 9.80 Å². The number of hydrogen-bond donors (Lipinski definition) is 0. The molecule has 2 nitrogen and oxygen atoms in total. The van der Waals surface area contributed by atoms with E-state index in [0.29, 0.717) is 6.04 Å². The standard InChI is InChI=1S/C6H13N.C5H13N/c1-6-4-3-5-7(6)2;1-5(2)6(3)4/h6H,3-5H2,1-2H3;5H,1-4H3. The Hall–Kier alpha value is -0.0800. The van der Waals surface area contributed by atoms with Crippen molar-refractivity contribution in [2.75, 3.05) is 27.7 Å². The summed E-state index contributed by atoms with van der Waals surface area (Å²) in [7, 11) is 6.34. The summed E-state index contributed by atoms with van der Waals surface area (Å²) in [5.74, 6) is 0. The highest BCUT2D eigenvalue weighted by Crippen LogP contribution is 2.12. The second-order valence-electron chi connectivity index (χ2n) is 4.53. The summed E-state index contributed by atoms with van der Waals surface area (Å²) in [4.78, 5) is 4.57. The van der Waals surface area contributed by atoms with Gasteiger partial charge >= 0.3 is 0 Å². The monoisotopic (exact) mass is 186 g/mol. The summed E-state index contributed by atoms with van der Waals surface area (Å²) < 4.78 is 0. The molecule has 0 saturated carbocycles. The minimum atomic E-state index is 0.685. The first-order valence-corrected chi connectivity index (χ1v) is 5.31. The van der Waals surface area contributed by atoms with Gasteiger partial charge in [0.25, 0.3) is 0 Å². The van der Waals surface area contributed by atoms with E-state index >= 15 is 0 Å². The molecule has 0 aromatic rings. The van der Waals surface area contributed by atoms with Gasteiger partial charge in [0.2, 0.25) is 0 Å². The Kier molecular flexibility index (Phi) is 6.35. The zero-order valence-corrected chi connectivity index (χ0v) is 10.2. The molecule has 0 spiro atoms. The van der Waals surface area contributed by atoms with Crippen LogP contribution in [0.3, 0.4) is 0 Å². The van der Waals surface area contributed by atoms with E-state index in [2.05, 4.69) is 51.7 Å². The Morgan fingerprint density at radius 2 is 1.77 bits per heavy atom. The average Bonchev–Trinajstić information content (AvgIpc) is 2.37. The van der Waals surface area contributed by atoms with E-state index in [4.69, 9.17) is 0 Å². The average molecular weight is 186 g/mol. The molecule has 80 valence electrons. The SMILES string of the molecule is CC(C)N(C)C.CC1CCCN1C. The largest absolute Gasteiger partial charge is 0.307 e. The summed E-state index contributed by atoms with van der Waals surface area (Å²) in [6.45, 7) is 7.92. The van der Waals surface area contributed by atoms with Crippen molar-refractivity contribution in [3.63, 3.8) is 0 Å². The molecule has 1 fully saturated rings. The molecule has 0 radical (unpaired) electrons. The minimum Gasteiger partial charge on any atom is -0.307 e. The van der Waals surface area contributed by atoms with Gasteiger partial charge in [0.1, 0.15) is 0 Å².